The van der Waals surface area contributed by atoms with Crippen molar-refractivity contribution >= 4 is 11.6 Å². The number of anilines is 1. The maximum atomic E-state index is 11.9. The van der Waals surface area contributed by atoms with Crippen LogP contribution in [0.5, 0.6) is 5.75 Å². The third-order valence-corrected chi connectivity index (χ3v) is 4.13. The molecule has 1 fully saturated rings. The molecule has 0 saturated carbocycles. The van der Waals surface area contributed by atoms with Gasteiger partial charge in [0, 0.05) is 44.6 Å². The van der Waals surface area contributed by atoms with Gasteiger partial charge < -0.3 is 15.0 Å². The topological polar surface area (TPSA) is 73.5 Å². The van der Waals surface area contributed by atoms with Crippen molar-refractivity contribution in [3.63, 3.8) is 0 Å². The molecule has 0 bridgehead atoms. The average molecular weight is 329 g/mol. The molecule has 1 amide bonds. The van der Waals surface area contributed by atoms with Gasteiger partial charge in [0.2, 0.25) is 0 Å². The van der Waals surface area contributed by atoms with E-state index in [1.165, 1.54) is 0 Å². The monoisotopic (exact) mass is 329 g/mol. The molecular weight excluding hydrogens is 306 g/mol. The first-order valence-corrected chi connectivity index (χ1v) is 8.15. The fourth-order valence-corrected chi connectivity index (χ4v) is 2.58. The molecule has 0 spiro atoms. The van der Waals surface area contributed by atoms with Crippen LogP contribution in [0.25, 0.3) is 0 Å². The Morgan fingerprint density at radius 3 is 2.62 bits per heavy atom. The first-order chi connectivity index (χ1) is 11.7. The Kier molecular flexibility index (Phi) is 5.45. The van der Waals surface area contributed by atoms with Crippen molar-refractivity contribution in [2.24, 2.45) is 0 Å². The van der Waals surface area contributed by atoms with Crippen molar-refractivity contribution in [3.05, 3.63) is 42.2 Å². The molecule has 2 aromatic rings. The van der Waals surface area contributed by atoms with Crippen LogP contribution in [-0.2, 0) is 0 Å². The van der Waals surface area contributed by atoms with Gasteiger partial charge >= 0.3 is 0 Å². The maximum Gasteiger partial charge on any atom is 0.273 e. The molecule has 0 atom stereocenters. The van der Waals surface area contributed by atoms with Crippen LogP contribution in [-0.4, -0.2) is 72.3 Å². The number of nitrogens with zero attached hydrogens (tertiary/aromatic N) is 3. The highest BCUT2D eigenvalue weighted by Crippen LogP contribution is 2.16. The van der Waals surface area contributed by atoms with Crippen LogP contribution >= 0.6 is 0 Å². The van der Waals surface area contributed by atoms with E-state index in [2.05, 4.69) is 32.4 Å². The number of hydrogen-bond donors (Lipinski definition) is 2. The normalized spacial score (nSPS) is 16.0. The predicted octanol–water partition coefficient (Wildman–Crippen LogP) is 1.29. The van der Waals surface area contributed by atoms with Crippen molar-refractivity contribution in [1.29, 1.82) is 0 Å². The van der Waals surface area contributed by atoms with Crippen LogP contribution in [0.1, 0.15) is 10.5 Å². The lowest BCUT2D eigenvalue weighted by Gasteiger charge is -2.32. The Balaban J connectivity index is 1.42. The van der Waals surface area contributed by atoms with E-state index in [0.29, 0.717) is 12.3 Å². The third kappa shape index (κ3) is 4.56. The molecule has 3 rings (SSSR count). The Morgan fingerprint density at radius 1 is 1.21 bits per heavy atom. The summed E-state index contributed by atoms with van der Waals surface area (Å²) < 4.78 is 5.78. The second-order valence-corrected chi connectivity index (χ2v) is 5.94. The van der Waals surface area contributed by atoms with Crippen LogP contribution in [0.15, 0.2) is 36.5 Å². The summed E-state index contributed by atoms with van der Waals surface area (Å²) in [5.41, 5.74) is 1.16. The molecule has 7 heteroatoms. The molecule has 128 valence electrons. The zero-order chi connectivity index (χ0) is 16.8. The van der Waals surface area contributed by atoms with Gasteiger partial charge in [-0.15, -0.1) is 0 Å². The van der Waals surface area contributed by atoms with Gasteiger partial charge in [0.05, 0.1) is 0 Å². The minimum absolute atomic E-state index is 0.212. The van der Waals surface area contributed by atoms with Crippen molar-refractivity contribution in [1.82, 2.24) is 20.0 Å². The van der Waals surface area contributed by atoms with E-state index in [9.17, 15) is 4.79 Å². The first kappa shape index (κ1) is 16.5. The summed E-state index contributed by atoms with van der Waals surface area (Å²) in [6, 6.07) is 9.03. The third-order valence-electron chi connectivity index (χ3n) is 4.13. The summed E-state index contributed by atoms with van der Waals surface area (Å²) in [5.74, 6) is 0.597. The molecular formula is C17H23N5O2. The number of ether oxygens (including phenoxy) is 1. The molecule has 0 radical (unpaired) electrons. The van der Waals surface area contributed by atoms with Crippen LogP contribution < -0.4 is 10.1 Å². The second kappa shape index (κ2) is 7.94. The molecule has 7 nitrogen and oxygen atoms in total. The van der Waals surface area contributed by atoms with Crippen molar-refractivity contribution < 1.29 is 9.53 Å². The van der Waals surface area contributed by atoms with Crippen molar-refractivity contribution in [3.8, 4) is 5.75 Å². The highest BCUT2D eigenvalue weighted by atomic mass is 16.5. The minimum atomic E-state index is -0.212. The Hall–Kier alpha value is -2.38. The van der Waals surface area contributed by atoms with E-state index in [-0.39, 0.29) is 5.91 Å². The van der Waals surface area contributed by atoms with Gasteiger partial charge in [-0.25, -0.2) is 0 Å². The fourth-order valence-electron chi connectivity index (χ4n) is 2.58. The van der Waals surface area contributed by atoms with E-state index in [0.717, 1.165) is 44.2 Å². The Labute approximate surface area is 141 Å². The average Bonchev–Trinajstić information content (AvgIpc) is 3.13. The Morgan fingerprint density at radius 2 is 1.96 bits per heavy atom. The molecule has 24 heavy (non-hydrogen) atoms. The summed E-state index contributed by atoms with van der Waals surface area (Å²) in [6.07, 6.45) is 1.55. The molecule has 1 saturated heterocycles. The zero-order valence-electron chi connectivity index (χ0n) is 13.9. The van der Waals surface area contributed by atoms with Gasteiger partial charge in [0.15, 0.2) is 0 Å². The van der Waals surface area contributed by atoms with Crippen molar-refractivity contribution in [2.75, 3.05) is 51.7 Å². The predicted molar refractivity (Wildman–Crippen MR) is 92.4 cm³/mol. The Bertz CT molecular complexity index is 634. The number of hydrogen-bond acceptors (Lipinski definition) is 5. The first-order valence-electron chi connectivity index (χ1n) is 8.15. The number of aromatic nitrogens is 2. The lowest BCUT2D eigenvalue weighted by molar-refractivity contribution is 0.102. The van der Waals surface area contributed by atoms with Gasteiger partial charge in [0.1, 0.15) is 18.1 Å². The minimum Gasteiger partial charge on any atom is -0.492 e. The largest absolute Gasteiger partial charge is 0.492 e. The van der Waals surface area contributed by atoms with Crippen LogP contribution in [0.2, 0.25) is 0 Å². The number of rotatable bonds is 6. The molecule has 1 aromatic carbocycles. The SMILES string of the molecule is CN1CCN(CCOc2ccc(NC(=O)c3ccn[nH]3)cc2)CC1. The number of carbonyl (C=O) groups is 1. The van der Waals surface area contributed by atoms with Gasteiger partial charge in [0.25, 0.3) is 5.91 Å². The molecule has 2 N–H and O–H groups in total. The zero-order valence-corrected chi connectivity index (χ0v) is 13.9. The van der Waals surface area contributed by atoms with E-state index in [1.807, 2.05) is 24.3 Å². The highest BCUT2D eigenvalue weighted by Gasteiger charge is 2.13. The summed E-state index contributed by atoms with van der Waals surface area (Å²) >= 11 is 0. The van der Waals surface area contributed by atoms with Gasteiger partial charge in [-0.3, -0.25) is 14.8 Å². The quantitative estimate of drug-likeness (QED) is 0.835. The molecule has 0 unspecified atom stereocenters. The van der Waals surface area contributed by atoms with Gasteiger partial charge in [-0.05, 0) is 37.4 Å². The highest BCUT2D eigenvalue weighted by molar-refractivity contribution is 6.02. The number of nitrogens with one attached hydrogen (secondary N) is 2. The number of piperazine rings is 1. The van der Waals surface area contributed by atoms with Crippen LogP contribution in [0, 0.1) is 0 Å². The maximum absolute atomic E-state index is 11.9. The number of likely N-dealkylation sites (N-methyl/N-ethyl adjacent to an activating group) is 1. The van der Waals surface area contributed by atoms with Crippen LogP contribution in [0.4, 0.5) is 5.69 Å². The standard InChI is InChI=1S/C17H23N5O2/c1-21-8-10-22(11-9-21)12-13-24-15-4-2-14(3-5-15)19-17(23)16-6-7-18-20-16/h2-7H,8-13H2,1H3,(H,18,20)(H,19,23). The smallest absolute Gasteiger partial charge is 0.273 e. The second-order valence-electron chi connectivity index (χ2n) is 5.94. The molecule has 1 aromatic heterocycles. The number of aromatic amines is 1. The number of amides is 1. The lowest BCUT2D eigenvalue weighted by atomic mass is 10.3. The number of H-pyrrole nitrogens is 1. The number of benzene rings is 1. The van der Waals surface area contributed by atoms with Gasteiger partial charge in [-0.2, -0.15) is 5.10 Å². The number of carbonyl (C=O) groups excluding carboxylic acids is 1. The molecule has 1 aliphatic rings. The van der Waals surface area contributed by atoms with Crippen LogP contribution in [0.3, 0.4) is 0 Å². The summed E-state index contributed by atoms with van der Waals surface area (Å²) in [7, 11) is 2.15. The van der Waals surface area contributed by atoms with Crippen molar-refractivity contribution in [2.45, 2.75) is 0 Å². The van der Waals surface area contributed by atoms with E-state index in [4.69, 9.17) is 4.74 Å². The molecule has 1 aliphatic heterocycles. The molecule has 2 heterocycles. The fraction of sp³-hybridized carbons (Fsp3) is 0.412. The summed E-state index contributed by atoms with van der Waals surface area (Å²) in [5, 5.41) is 9.20. The summed E-state index contributed by atoms with van der Waals surface area (Å²) in [4.78, 5) is 16.7. The lowest BCUT2D eigenvalue weighted by Crippen LogP contribution is -2.45. The summed E-state index contributed by atoms with van der Waals surface area (Å²) in [6.45, 7) is 6.03. The van der Waals surface area contributed by atoms with E-state index < -0.39 is 0 Å². The van der Waals surface area contributed by atoms with E-state index in [1.54, 1.807) is 12.3 Å². The molecule has 0 aliphatic carbocycles. The van der Waals surface area contributed by atoms with E-state index >= 15 is 0 Å². The van der Waals surface area contributed by atoms with Gasteiger partial charge in [-0.1, -0.05) is 0 Å².